The highest BCUT2D eigenvalue weighted by Crippen LogP contribution is 2.25. The maximum atomic E-state index is 12.1. The number of benzene rings is 2. The maximum absolute atomic E-state index is 12.1. The largest absolute Gasteiger partial charge is 0.483 e. The Bertz CT molecular complexity index is 621. The highest BCUT2D eigenvalue weighted by atomic mass is 16.5. The first-order valence-electron chi connectivity index (χ1n) is 7.89. The number of carbonyl (C=O) groups excluding carboxylic acids is 1. The van der Waals surface area contributed by atoms with Crippen molar-refractivity contribution in [3.63, 3.8) is 0 Å². The number of hydrogen-bond acceptors (Lipinski definition) is 2. The van der Waals surface area contributed by atoms with E-state index in [4.69, 9.17) is 4.74 Å². The van der Waals surface area contributed by atoms with Crippen molar-refractivity contribution in [2.45, 2.75) is 33.7 Å². The Morgan fingerprint density at radius 2 is 1.64 bits per heavy atom. The Morgan fingerprint density at radius 3 is 2.32 bits per heavy atom. The van der Waals surface area contributed by atoms with Gasteiger partial charge in [-0.1, -0.05) is 64.1 Å². The van der Waals surface area contributed by atoms with Crippen molar-refractivity contribution in [2.75, 3.05) is 6.61 Å². The molecule has 0 aromatic heterocycles. The van der Waals surface area contributed by atoms with E-state index in [1.165, 1.54) is 0 Å². The zero-order valence-corrected chi connectivity index (χ0v) is 13.8. The molecule has 0 radical (unpaired) electrons. The monoisotopic (exact) mass is 299 g/mol. The number of ether oxygens (including phenoxy) is 1. The van der Waals surface area contributed by atoms with Gasteiger partial charge in [0.1, 0.15) is 5.75 Å². The fraction of sp³-hybridized carbons (Fsp3) is 0.421. The Kier molecular flexibility index (Phi) is 5.42. The summed E-state index contributed by atoms with van der Waals surface area (Å²) < 4.78 is 5.73. The molecular weight excluding hydrogens is 274 g/mol. The van der Waals surface area contributed by atoms with E-state index < -0.39 is 0 Å². The third kappa shape index (κ3) is 4.00. The van der Waals surface area contributed by atoms with Gasteiger partial charge in [-0.15, -0.1) is 0 Å². The van der Waals surface area contributed by atoms with Crippen LogP contribution >= 0.6 is 0 Å². The van der Waals surface area contributed by atoms with Gasteiger partial charge < -0.3 is 10.1 Å². The highest BCUT2D eigenvalue weighted by molar-refractivity contribution is 5.88. The van der Waals surface area contributed by atoms with Crippen LogP contribution in [0.25, 0.3) is 10.8 Å². The van der Waals surface area contributed by atoms with Crippen LogP contribution in [0.4, 0.5) is 0 Å². The molecular formula is C19H25NO2. The third-order valence-corrected chi connectivity index (χ3v) is 3.87. The van der Waals surface area contributed by atoms with Crippen LogP contribution in [0.2, 0.25) is 0 Å². The Balaban J connectivity index is 2.01. The number of amides is 1. The average molecular weight is 299 g/mol. The highest BCUT2D eigenvalue weighted by Gasteiger charge is 2.19. The normalized spacial score (nSPS) is 11.4. The molecule has 2 aromatic rings. The van der Waals surface area contributed by atoms with E-state index in [2.05, 4.69) is 33.0 Å². The van der Waals surface area contributed by atoms with Gasteiger partial charge in [-0.05, 0) is 23.3 Å². The second-order valence-corrected chi connectivity index (χ2v) is 6.35. The van der Waals surface area contributed by atoms with Crippen molar-refractivity contribution in [1.82, 2.24) is 5.32 Å². The fourth-order valence-electron chi connectivity index (χ4n) is 2.80. The maximum Gasteiger partial charge on any atom is 0.258 e. The van der Waals surface area contributed by atoms with E-state index in [0.717, 1.165) is 16.5 Å². The summed E-state index contributed by atoms with van der Waals surface area (Å²) in [6.07, 6.45) is 0. The molecule has 0 saturated carbocycles. The Labute approximate surface area is 132 Å². The molecule has 0 aliphatic heterocycles. The average Bonchev–Trinajstić information content (AvgIpc) is 2.49. The molecule has 118 valence electrons. The van der Waals surface area contributed by atoms with Crippen LogP contribution in [0.5, 0.6) is 5.75 Å². The zero-order chi connectivity index (χ0) is 16.1. The van der Waals surface area contributed by atoms with Gasteiger partial charge in [-0.25, -0.2) is 0 Å². The molecule has 0 aliphatic rings. The standard InChI is InChI=1S/C19H25NO2/c1-13(2)19(14(3)4)20-18(21)12-22-17-11-7-9-15-8-5-6-10-16(15)17/h5-11,13-14,19H,12H2,1-4H3,(H,20,21). The van der Waals surface area contributed by atoms with Crippen molar-refractivity contribution in [2.24, 2.45) is 11.8 Å². The Hall–Kier alpha value is -2.03. The lowest BCUT2D eigenvalue weighted by atomic mass is 9.93. The molecule has 2 rings (SSSR count). The van der Waals surface area contributed by atoms with Crippen molar-refractivity contribution >= 4 is 16.7 Å². The molecule has 0 spiro atoms. The van der Waals surface area contributed by atoms with Gasteiger partial charge in [0.25, 0.3) is 5.91 Å². The van der Waals surface area contributed by atoms with E-state index in [1.807, 2.05) is 42.5 Å². The van der Waals surface area contributed by atoms with Crippen LogP contribution < -0.4 is 10.1 Å². The number of hydrogen-bond donors (Lipinski definition) is 1. The molecule has 1 N–H and O–H groups in total. The quantitative estimate of drug-likeness (QED) is 0.875. The number of nitrogens with one attached hydrogen (secondary N) is 1. The topological polar surface area (TPSA) is 38.3 Å². The molecule has 0 atom stereocenters. The zero-order valence-electron chi connectivity index (χ0n) is 13.8. The minimum Gasteiger partial charge on any atom is -0.483 e. The molecule has 0 fully saturated rings. The third-order valence-electron chi connectivity index (χ3n) is 3.87. The van der Waals surface area contributed by atoms with E-state index in [9.17, 15) is 4.79 Å². The van der Waals surface area contributed by atoms with E-state index in [1.54, 1.807) is 0 Å². The Morgan fingerprint density at radius 1 is 1.00 bits per heavy atom. The number of fused-ring (bicyclic) bond motifs is 1. The molecule has 1 amide bonds. The molecule has 0 unspecified atom stereocenters. The fourth-order valence-corrected chi connectivity index (χ4v) is 2.80. The minimum absolute atomic E-state index is 0.0456. The van der Waals surface area contributed by atoms with Gasteiger partial charge >= 0.3 is 0 Å². The second-order valence-electron chi connectivity index (χ2n) is 6.35. The summed E-state index contributed by atoms with van der Waals surface area (Å²) in [6.45, 7) is 8.53. The van der Waals surface area contributed by atoms with E-state index in [0.29, 0.717) is 11.8 Å². The lowest BCUT2D eigenvalue weighted by Gasteiger charge is -2.26. The molecule has 0 bridgehead atoms. The van der Waals surface area contributed by atoms with Crippen LogP contribution in [0.15, 0.2) is 42.5 Å². The van der Waals surface area contributed by atoms with Crippen LogP contribution in [-0.4, -0.2) is 18.6 Å². The van der Waals surface area contributed by atoms with Gasteiger partial charge in [0, 0.05) is 11.4 Å². The van der Waals surface area contributed by atoms with Crippen LogP contribution in [0.3, 0.4) is 0 Å². The predicted molar refractivity (Wildman–Crippen MR) is 91.0 cm³/mol. The first-order chi connectivity index (χ1) is 10.5. The molecule has 22 heavy (non-hydrogen) atoms. The summed E-state index contributed by atoms with van der Waals surface area (Å²) in [7, 11) is 0. The van der Waals surface area contributed by atoms with Crippen molar-refractivity contribution < 1.29 is 9.53 Å². The van der Waals surface area contributed by atoms with E-state index in [-0.39, 0.29) is 18.6 Å². The predicted octanol–water partition coefficient (Wildman–Crippen LogP) is 4.02. The number of carbonyl (C=O) groups is 1. The van der Waals surface area contributed by atoms with Gasteiger partial charge in [-0.3, -0.25) is 4.79 Å². The van der Waals surface area contributed by atoms with Crippen LogP contribution in [0, 0.1) is 11.8 Å². The SMILES string of the molecule is CC(C)C(NC(=O)COc1cccc2ccccc12)C(C)C. The van der Waals surface area contributed by atoms with Crippen molar-refractivity contribution in [1.29, 1.82) is 0 Å². The van der Waals surface area contributed by atoms with Crippen LogP contribution in [-0.2, 0) is 4.79 Å². The summed E-state index contributed by atoms with van der Waals surface area (Å²) in [6, 6.07) is 14.1. The van der Waals surface area contributed by atoms with Crippen molar-refractivity contribution in [3.8, 4) is 5.75 Å². The smallest absolute Gasteiger partial charge is 0.258 e. The summed E-state index contributed by atoms with van der Waals surface area (Å²) in [4.78, 5) is 12.1. The van der Waals surface area contributed by atoms with Gasteiger partial charge in [-0.2, -0.15) is 0 Å². The lowest BCUT2D eigenvalue weighted by Crippen LogP contribution is -2.44. The summed E-state index contributed by atoms with van der Waals surface area (Å²) in [5, 5.41) is 5.21. The first kappa shape index (κ1) is 16.3. The summed E-state index contributed by atoms with van der Waals surface area (Å²) in [5.74, 6) is 1.49. The lowest BCUT2D eigenvalue weighted by molar-refractivity contribution is -0.124. The summed E-state index contributed by atoms with van der Waals surface area (Å²) in [5.41, 5.74) is 0. The molecule has 0 heterocycles. The molecule has 2 aromatic carbocycles. The molecule has 0 saturated heterocycles. The van der Waals surface area contributed by atoms with Crippen LogP contribution in [0.1, 0.15) is 27.7 Å². The second kappa shape index (κ2) is 7.30. The molecule has 3 heteroatoms. The van der Waals surface area contributed by atoms with Crippen molar-refractivity contribution in [3.05, 3.63) is 42.5 Å². The number of rotatable bonds is 6. The van der Waals surface area contributed by atoms with Gasteiger partial charge in [0.05, 0.1) is 0 Å². The van der Waals surface area contributed by atoms with Gasteiger partial charge in [0.2, 0.25) is 0 Å². The molecule has 3 nitrogen and oxygen atoms in total. The summed E-state index contributed by atoms with van der Waals surface area (Å²) >= 11 is 0. The molecule has 0 aliphatic carbocycles. The van der Waals surface area contributed by atoms with E-state index >= 15 is 0 Å². The minimum atomic E-state index is -0.0691. The van der Waals surface area contributed by atoms with Gasteiger partial charge in [0.15, 0.2) is 6.61 Å². The first-order valence-corrected chi connectivity index (χ1v) is 7.89.